The summed E-state index contributed by atoms with van der Waals surface area (Å²) in [5.41, 5.74) is 1.04. The Bertz CT molecular complexity index is 435. The van der Waals surface area contributed by atoms with Gasteiger partial charge in [0.15, 0.2) is 0 Å². The summed E-state index contributed by atoms with van der Waals surface area (Å²) in [5, 5.41) is 4.38. The van der Waals surface area contributed by atoms with Crippen LogP contribution in [0.4, 0.5) is 0 Å². The van der Waals surface area contributed by atoms with Crippen molar-refractivity contribution in [2.24, 2.45) is 17.8 Å². The van der Waals surface area contributed by atoms with Gasteiger partial charge in [-0.1, -0.05) is 24.9 Å². The van der Waals surface area contributed by atoms with Crippen molar-refractivity contribution in [3.05, 3.63) is 29.0 Å². The fourth-order valence-electron chi connectivity index (χ4n) is 4.16. The van der Waals surface area contributed by atoms with Gasteiger partial charge in [0.25, 0.3) is 0 Å². The maximum atomic E-state index is 6.32. The van der Waals surface area contributed by atoms with E-state index in [1.807, 2.05) is 18.3 Å². The number of rotatable bonds is 5. The molecular weight excluding hydrogens is 256 g/mol. The highest BCUT2D eigenvalue weighted by molar-refractivity contribution is 6.31. The zero-order chi connectivity index (χ0) is 13.2. The Labute approximate surface area is 121 Å². The van der Waals surface area contributed by atoms with Crippen molar-refractivity contribution in [3.63, 3.8) is 0 Å². The van der Waals surface area contributed by atoms with Gasteiger partial charge in [0, 0.05) is 6.20 Å². The highest BCUT2D eigenvalue weighted by atomic mass is 35.5. The first-order valence-corrected chi connectivity index (χ1v) is 7.99. The number of aromatic nitrogens is 1. The van der Waals surface area contributed by atoms with Gasteiger partial charge >= 0.3 is 0 Å². The van der Waals surface area contributed by atoms with Crippen LogP contribution in [-0.4, -0.2) is 11.5 Å². The van der Waals surface area contributed by atoms with Crippen LogP contribution in [-0.2, 0) is 0 Å². The van der Waals surface area contributed by atoms with E-state index in [0.717, 1.165) is 35.0 Å². The molecule has 1 heterocycles. The van der Waals surface area contributed by atoms with Gasteiger partial charge in [0.1, 0.15) is 0 Å². The van der Waals surface area contributed by atoms with Gasteiger partial charge < -0.3 is 5.32 Å². The largest absolute Gasteiger partial charge is 0.309 e. The molecule has 2 fully saturated rings. The van der Waals surface area contributed by atoms with Crippen molar-refractivity contribution in [2.75, 3.05) is 6.54 Å². The molecule has 2 aliphatic rings. The molecule has 19 heavy (non-hydrogen) atoms. The third-order valence-corrected chi connectivity index (χ3v) is 5.31. The molecule has 3 heteroatoms. The summed E-state index contributed by atoms with van der Waals surface area (Å²) in [5.74, 6) is 2.85. The third kappa shape index (κ3) is 2.80. The molecule has 1 aromatic heterocycles. The Balaban J connectivity index is 1.73. The fourth-order valence-corrected chi connectivity index (χ4v) is 4.41. The minimum atomic E-state index is 0.322. The van der Waals surface area contributed by atoms with Crippen molar-refractivity contribution in [3.8, 4) is 0 Å². The Morgan fingerprint density at radius 2 is 2.32 bits per heavy atom. The number of fused-ring (bicyclic) bond motifs is 2. The molecule has 0 aromatic carbocycles. The van der Waals surface area contributed by atoms with Crippen molar-refractivity contribution in [2.45, 2.75) is 45.1 Å². The predicted molar refractivity (Wildman–Crippen MR) is 79.2 cm³/mol. The Morgan fingerprint density at radius 3 is 2.95 bits per heavy atom. The lowest BCUT2D eigenvalue weighted by Crippen LogP contribution is -2.26. The molecule has 0 radical (unpaired) electrons. The molecule has 0 amide bonds. The Morgan fingerprint density at radius 1 is 1.42 bits per heavy atom. The van der Waals surface area contributed by atoms with Crippen molar-refractivity contribution in [1.82, 2.24) is 10.3 Å². The predicted octanol–water partition coefficient (Wildman–Crippen LogP) is 4.21. The van der Waals surface area contributed by atoms with Crippen LogP contribution >= 0.6 is 11.6 Å². The highest BCUT2D eigenvalue weighted by Crippen LogP contribution is 2.51. The number of hydrogen-bond donors (Lipinski definition) is 1. The summed E-state index contributed by atoms with van der Waals surface area (Å²) >= 11 is 6.32. The van der Waals surface area contributed by atoms with Crippen LogP contribution < -0.4 is 5.32 Å². The van der Waals surface area contributed by atoms with Gasteiger partial charge in [0.05, 0.1) is 16.8 Å². The molecule has 4 atom stereocenters. The minimum Gasteiger partial charge on any atom is -0.309 e. The molecule has 2 saturated carbocycles. The maximum absolute atomic E-state index is 6.32. The summed E-state index contributed by atoms with van der Waals surface area (Å²) in [6.07, 6.45) is 8.87. The first kappa shape index (κ1) is 13.4. The van der Waals surface area contributed by atoms with Crippen molar-refractivity contribution in [1.29, 1.82) is 0 Å². The zero-order valence-electron chi connectivity index (χ0n) is 11.6. The van der Waals surface area contributed by atoms with Crippen LogP contribution in [0.1, 0.15) is 50.8 Å². The molecule has 0 saturated heterocycles. The van der Waals surface area contributed by atoms with E-state index < -0.39 is 0 Å². The normalized spacial score (nSPS) is 30.7. The third-order valence-electron chi connectivity index (χ3n) is 4.99. The standard InChI is InChI=1S/C16H23ClN2/c1-2-18-15(16-14(17)4-3-7-19-16)10-13-9-11-5-6-12(13)8-11/h3-4,7,11-13,15,18H,2,5-6,8-10H2,1H3. The van der Waals surface area contributed by atoms with Crippen molar-refractivity contribution >= 4 is 11.6 Å². The molecule has 0 spiro atoms. The average molecular weight is 279 g/mol. The van der Waals surface area contributed by atoms with E-state index in [-0.39, 0.29) is 0 Å². The minimum absolute atomic E-state index is 0.322. The Kier molecular flexibility index (Phi) is 4.09. The summed E-state index contributed by atoms with van der Waals surface area (Å²) in [7, 11) is 0. The van der Waals surface area contributed by atoms with E-state index in [9.17, 15) is 0 Å². The van der Waals surface area contributed by atoms with Gasteiger partial charge in [0.2, 0.25) is 0 Å². The van der Waals surface area contributed by atoms with Gasteiger partial charge in [-0.25, -0.2) is 0 Å². The van der Waals surface area contributed by atoms with Gasteiger partial charge in [-0.3, -0.25) is 4.98 Å². The van der Waals surface area contributed by atoms with Crippen LogP contribution in [0.2, 0.25) is 5.02 Å². The van der Waals surface area contributed by atoms with E-state index in [0.29, 0.717) is 6.04 Å². The lowest BCUT2D eigenvalue weighted by Gasteiger charge is -2.27. The highest BCUT2D eigenvalue weighted by Gasteiger charge is 2.40. The molecule has 4 unspecified atom stereocenters. The topological polar surface area (TPSA) is 24.9 Å². The summed E-state index contributed by atoms with van der Waals surface area (Å²) in [6, 6.07) is 4.18. The molecule has 1 aromatic rings. The van der Waals surface area contributed by atoms with Gasteiger partial charge in [-0.2, -0.15) is 0 Å². The lowest BCUT2D eigenvalue weighted by molar-refractivity contribution is 0.278. The second-order valence-corrected chi connectivity index (χ2v) is 6.56. The molecule has 2 aliphatic carbocycles. The Hall–Kier alpha value is -0.600. The molecule has 1 N–H and O–H groups in total. The number of pyridine rings is 1. The number of halogens is 1. The summed E-state index contributed by atoms with van der Waals surface area (Å²) < 4.78 is 0. The second kappa shape index (κ2) is 5.80. The van der Waals surface area contributed by atoms with E-state index in [4.69, 9.17) is 11.6 Å². The number of nitrogens with zero attached hydrogens (tertiary/aromatic N) is 1. The molecular formula is C16H23ClN2. The smallest absolute Gasteiger partial charge is 0.0759 e. The van der Waals surface area contributed by atoms with E-state index in [1.165, 1.54) is 32.1 Å². The molecule has 104 valence electrons. The number of nitrogens with one attached hydrogen (secondary N) is 1. The SMILES string of the molecule is CCNC(CC1CC2CCC1C2)c1ncccc1Cl. The quantitative estimate of drug-likeness (QED) is 0.873. The zero-order valence-corrected chi connectivity index (χ0v) is 12.4. The average Bonchev–Trinajstić information content (AvgIpc) is 3.01. The first-order chi connectivity index (χ1) is 9.28. The summed E-state index contributed by atoms with van der Waals surface area (Å²) in [4.78, 5) is 4.51. The molecule has 3 rings (SSSR count). The van der Waals surface area contributed by atoms with E-state index >= 15 is 0 Å². The monoisotopic (exact) mass is 278 g/mol. The fraction of sp³-hybridized carbons (Fsp3) is 0.688. The van der Waals surface area contributed by atoms with Crippen LogP contribution in [0, 0.1) is 17.8 Å². The summed E-state index contributed by atoms with van der Waals surface area (Å²) in [6.45, 7) is 3.13. The second-order valence-electron chi connectivity index (χ2n) is 6.15. The first-order valence-electron chi connectivity index (χ1n) is 7.61. The number of hydrogen-bond acceptors (Lipinski definition) is 2. The maximum Gasteiger partial charge on any atom is 0.0759 e. The lowest BCUT2D eigenvalue weighted by atomic mass is 9.83. The molecule has 0 aliphatic heterocycles. The van der Waals surface area contributed by atoms with Gasteiger partial charge in [-0.15, -0.1) is 0 Å². The molecule has 2 nitrogen and oxygen atoms in total. The van der Waals surface area contributed by atoms with E-state index in [1.54, 1.807) is 0 Å². The van der Waals surface area contributed by atoms with Gasteiger partial charge in [-0.05, 0) is 62.1 Å². The molecule has 2 bridgehead atoms. The van der Waals surface area contributed by atoms with Crippen LogP contribution in [0.3, 0.4) is 0 Å². The van der Waals surface area contributed by atoms with Crippen LogP contribution in [0.5, 0.6) is 0 Å². The van der Waals surface area contributed by atoms with Crippen molar-refractivity contribution < 1.29 is 0 Å². The van der Waals surface area contributed by atoms with Crippen LogP contribution in [0.25, 0.3) is 0 Å². The van der Waals surface area contributed by atoms with Crippen LogP contribution in [0.15, 0.2) is 18.3 Å². The van der Waals surface area contributed by atoms with E-state index in [2.05, 4.69) is 17.2 Å².